The lowest BCUT2D eigenvalue weighted by molar-refractivity contribution is 0.00333. The van der Waals surface area contributed by atoms with E-state index < -0.39 is 0 Å². The molecule has 1 atom stereocenters. The number of hydrogen-bond donors (Lipinski definition) is 0. The quantitative estimate of drug-likeness (QED) is 0.425. The minimum atomic E-state index is -0.0877. The predicted molar refractivity (Wildman–Crippen MR) is 140 cm³/mol. The summed E-state index contributed by atoms with van der Waals surface area (Å²) in [4.78, 5) is 17.3. The average molecular weight is 473 g/mol. The maximum atomic E-state index is 13.0. The molecule has 1 fully saturated rings. The molecule has 3 aromatic carbocycles. The molecule has 1 heterocycles. The standard InChI is InChI=1S/C30H36N2O3/c1-4-24-12-14-26(15-13-24)30(33)32-18-16-31(17-19-32)21-29(27-6-5-7-28(20-27)34-3)35-22-25-10-8-23(2)9-11-25/h5-15,20,29H,4,16-19,21-22H2,1-3H3. The number of hydrogen-bond acceptors (Lipinski definition) is 4. The van der Waals surface area contributed by atoms with Crippen molar-refractivity contribution in [2.45, 2.75) is 33.0 Å². The van der Waals surface area contributed by atoms with E-state index in [-0.39, 0.29) is 12.0 Å². The summed E-state index contributed by atoms with van der Waals surface area (Å²) in [5.41, 5.74) is 5.53. The third-order valence-electron chi connectivity index (χ3n) is 6.73. The maximum Gasteiger partial charge on any atom is 0.253 e. The van der Waals surface area contributed by atoms with Crippen LogP contribution in [0.2, 0.25) is 0 Å². The molecule has 0 aliphatic carbocycles. The molecule has 35 heavy (non-hydrogen) atoms. The molecule has 3 aromatic rings. The van der Waals surface area contributed by atoms with Crippen molar-refractivity contribution in [1.29, 1.82) is 0 Å². The van der Waals surface area contributed by atoms with E-state index in [9.17, 15) is 4.79 Å². The van der Waals surface area contributed by atoms with E-state index in [1.165, 1.54) is 11.1 Å². The van der Waals surface area contributed by atoms with Crippen LogP contribution in [0.3, 0.4) is 0 Å². The molecular formula is C30H36N2O3. The Hall–Kier alpha value is -3.15. The van der Waals surface area contributed by atoms with E-state index in [1.807, 2.05) is 41.3 Å². The first-order chi connectivity index (χ1) is 17.1. The molecule has 4 rings (SSSR count). The molecule has 1 aliphatic heterocycles. The minimum Gasteiger partial charge on any atom is -0.497 e. The Morgan fingerprint density at radius 1 is 0.914 bits per heavy atom. The first-order valence-corrected chi connectivity index (χ1v) is 12.5. The molecule has 5 nitrogen and oxygen atoms in total. The van der Waals surface area contributed by atoms with Gasteiger partial charge in [0.1, 0.15) is 5.75 Å². The fourth-order valence-electron chi connectivity index (χ4n) is 4.41. The van der Waals surface area contributed by atoms with E-state index in [2.05, 4.69) is 55.1 Å². The second-order valence-corrected chi connectivity index (χ2v) is 9.21. The SMILES string of the molecule is CCc1ccc(C(=O)N2CCN(CC(OCc3ccc(C)cc3)c3cccc(OC)c3)CC2)cc1. The summed E-state index contributed by atoms with van der Waals surface area (Å²) in [7, 11) is 1.69. The van der Waals surface area contributed by atoms with Gasteiger partial charge < -0.3 is 14.4 Å². The van der Waals surface area contributed by atoms with Crippen LogP contribution < -0.4 is 4.74 Å². The van der Waals surface area contributed by atoms with Gasteiger partial charge in [-0.3, -0.25) is 9.69 Å². The van der Waals surface area contributed by atoms with E-state index in [0.29, 0.717) is 6.61 Å². The van der Waals surface area contributed by atoms with Gasteiger partial charge in [-0.1, -0.05) is 61.0 Å². The van der Waals surface area contributed by atoms with Crippen LogP contribution in [0.15, 0.2) is 72.8 Å². The first kappa shape index (κ1) is 25.0. The number of benzene rings is 3. The first-order valence-electron chi connectivity index (χ1n) is 12.5. The number of nitrogens with zero attached hydrogens (tertiary/aromatic N) is 2. The summed E-state index contributed by atoms with van der Waals surface area (Å²) >= 11 is 0. The Labute approximate surface area is 209 Å². The van der Waals surface area contributed by atoms with E-state index >= 15 is 0 Å². The van der Waals surface area contributed by atoms with Gasteiger partial charge in [-0.05, 0) is 54.3 Å². The fraction of sp³-hybridized carbons (Fsp3) is 0.367. The smallest absolute Gasteiger partial charge is 0.253 e. The predicted octanol–water partition coefficient (Wildman–Crippen LogP) is 5.28. The summed E-state index contributed by atoms with van der Waals surface area (Å²) < 4.78 is 11.9. The summed E-state index contributed by atoms with van der Waals surface area (Å²) in [6.45, 7) is 8.63. The summed E-state index contributed by atoms with van der Waals surface area (Å²) in [5, 5.41) is 0. The van der Waals surface area contributed by atoms with E-state index in [4.69, 9.17) is 9.47 Å². The van der Waals surface area contributed by atoms with Crippen LogP contribution in [0.4, 0.5) is 0 Å². The number of amides is 1. The molecule has 5 heteroatoms. The number of carbonyl (C=O) groups is 1. The molecular weight excluding hydrogens is 436 g/mol. The fourth-order valence-corrected chi connectivity index (χ4v) is 4.41. The van der Waals surface area contributed by atoms with Crippen molar-refractivity contribution in [1.82, 2.24) is 9.80 Å². The third kappa shape index (κ3) is 6.71. The molecule has 1 amide bonds. The van der Waals surface area contributed by atoms with Crippen molar-refractivity contribution in [3.8, 4) is 5.75 Å². The third-order valence-corrected chi connectivity index (χ3v) is 6.73. The maximum absolute atomic E-state index is 13.0. The normalized spacial score (nSPS) is 15.1. The van der Waals surface area contributed by atoms with Crippen molar-refractivity contribution < 1.29 is 14.3 Å². The van der Waals surface area contributed by atoms with Crippen LogP contribution in [-0.2, 0) is 17.8 Å². The summed E-state index contributed by atoms with van der Waals surface area (Å²) in [5.74, 6) is 0.947. The number of methoxy groups -OCH3 is 1. The molecule has 0 aromatic heterocycles. The second-order valence-electron chi connectivity index (χ2n) is 9.21. The van der Waals surface area contributed by atoms with E-state index in [1.54, 1.807) is 7.11 Å². The molecule has 0 saturated carbocycles. The van der Waals surface area contributed by atoms with E-state index in [0.717, 1.165) is 61.6 Å². The van der Waals surface area contributed by atoms with Crippen LogP contribution in [0.5, 0.6) is 5.75 Å². The van der Waals surface area contributed by atoms with Crippen LogP contribution in [0.25, 0.3) is 0 Å². The highest BCUT2D eigenvalue weighted by Crippen LogP contribution is 2.25. The van der Waals surface area contributed by atoms with Gasteiger partial charge in [0.2, 0.25) is 0 Å². The van der Waals surface area contributed by atoms with Crippen molar-refractivity contribution in [2.24, 2.45) is 0 Å². The molecule has 1 aliphatic rings. The Morgan fingerprint density at radius 2 is 1.60 bits per heavy atom. The van der Waals surface area contributed by atoms with Gasteiger partial charge in [0.05, 0.1) is 19.8 Å². The van der Waals surface area contributed by atoms with Gasteiger partial charge in [-0.25, -0.2) is 0 Å². The van der Waals surface area contributed by atoms with Crippen molar-refractivity contribution in [3.05, 3.63) is 101 Å². The molecule has 184 valence electrons. The van der Waals surface area contributed by atoms with Gasteiger partial charge in [-0.15, -0.1) is 0 Å². The van der Waals surface area contributed by atoms with Gasteiger partial charge in [-0.2, -0.15) is 0 Å². The largest absolute Gasteiger partial charge is 0.497 e. The summed E-state index contributed by atoms with van der Waals surface area (Å²) in [6.07, 6.45) is 0.892. The zero-order valence-corrected chi connectivity index (χ0v) is 21.1. The highest BCUT2D eigenvalue weighted by Gasteiger charge is 2.25. The molecule has 0 bridgehead atoms. The Bertz CT molecular complexity index is 1090. The summed E-state index contributed by atoms with van der Waals surface area (Å²) in [6, 6.07) is 24.6. The minimum absolute atomic E-state index is 0.0877. The van der Waals surface area contributed by atoms with Crippen molar-refractivity contribution >= 4 is 5.91 Å². The van der Waals surface area contributed by atoms with Crippen molar-refractivity contribution in [3.63, 3.8) is 0 Å². The zero-order chi connectivity index (χ0) is 24.6. The molecule has 0 spiro atoms. The van der Waals surface area contributed by atoms with Crippen LogP contribution in [-0.4, -0.2) is 55.5 Å². The lowest BCUT2D eigenvalue weighted by Gasteiger charge is -2.36. The highest BCUT2D eigenvalue weighted by atomic mass is 16.5. The number of rotatable bonds is 9. The monoisotopic (exact) mass is 472 g/mol. The Kier molecular flexibility index (Phi) is 8.56. The molecule has 0 N–H and O–H groups in total. The number of carbonyl (C=O) groups excluding carboxylic acids is 1. The average Bonchev–Trinajstić information content (AvgIpc) is 2.92. The highest BCUT2D eigenvalue weighted by molar-refractivity contribution is 5.94. The number of piperazine rings is 1. The molecule has 1 saturated heterocycles. The van der Waals surface area contributed by atoms with Crippen LogP contribution in [0.1, 0.15) is 45.6 Å². The van der Waals surface area contributed by atoms with Gasteiger partial charge in [0.15, 0.2) is 0 Å². The molecule has 1 unspecified atom stereocenters. The lowest BCUT2D eigenvalue weighted by Crippen LogP contribution is -2.49. The topological polar surface area (TPSA) is 42.0 Å². The number of ether oxygens (including phenoxy) is 2. The van der Waals surface area contributed by atoms with Crippen LogP contribution >= 0.6 is 0 Å². The Balaban J connectivity index is 1.39. The van der Waals surface area contributed by atoms with Gasteiger partial charge >= 0.3 is 0 Å². The van der Waals surface area contributed by atoms with Gasteiger partial charge in [0.25, 0.3) is 5.91 Å². The van der Waals surface area contributed by atoms with Crippen molar-refractivity contribution in [2.75, 3.05) is 39.8 Å². The van der Waals surface area contributed by atoms with Gasteiger partial charge in [0, 0.05) is 38.3 Å². The Morgan fingerprint density at radius 3 is 2.26 bits per heavy atom. The second kappa shape index (κ2) is 12.0. The lowest BCUT2D eigenvalue weighted by atomic mass is 10.1. The molecule has 0 radical (unpaired) electrons. The number of aryl methyl sites for hydroxylation is 2. The van der Waals surface area contributed by atoms with Crippen LogP contribution in [0, 0.1) is 6.92 Å². The zero-order valence-electron chi connectivity index (χ0n) is 21.1.